The molecule has 1 spiro atoms. The molecule has 1 unspecified atom stereocenters. The molecule has 15 N–H and O–H groups in total. The number of aliphatic hydroxyl groups is 3. The molecule has 6 aliphatic heterocycles. The summed E-state index contributed by atoms with van der Waals surface area (Å²) < 4.78 is 35.8. The van der Waals surface area contributed by atoms with E-state index in [1.807, 2.05) is 0 Å². The summed E-state index contributed by atoms with van der Waals surface area (Å²) in [7, 11) is 0. The summed E-state index contributed by atoms with van der Waals surface area (Å²) in [5.41, 5.74) is -10.8. The molecule has 1 saturated heterocycles. The first-order valence-electron chi connectivity index (χ1n) is 21.7. The molecule has 0 radical (unpaired) electrons. The summed E-state index contributed by atoms with van der Waals surface area (Å²) in [6.07, 6.45) is -13.8. The van der Waals surface area contributed by atoms with Crippen LogP contribution in [0.25, 0.3) is 16.7 Å². The third-order valence-electron chi connectivity index (χ3n) is 13.9. The molecule has 0 amide bonds. The van der Waals surface area contributed by atoms with E-state index >= 15 is 4.79 Å². The predicted molar refractivity (Wildman–Crippen MR) is 233 cm³/mol. The molecule has 4 bridgehead atoms. The molecule has 0 saturated carbocycles. The first kappa shape index (κ1) is 46.7. The molecule has 5 aromatic carbocycles. The van der Waals surface area contributed by atoms with Gasteiger partial charge in [0.2, 0.25) is 28.6 Å². The zero-order chi connectivity index (χ0) is 53.0. The van der Waals surface area contributed by atoms with Crippen LogP contribution in [0.1, 0.15) is 65.3 Å². The quantitative estimate of drug-likeness (QED) is 0.0676. The van der Waals surface area contributed by atoms with Crippen molar-refractivity contribution in [1.29, 1.82) is 0 Å². The van der Waals surface area contributed by atoms with Crippen LogP contribution < -0.4 is 9.47 Å². The van der Waals surface area contributed by atoms with Crippen molar-refractivity contribution in [3.63, 3.8) is 0 Å². The van der Waals surface area contributed by atoms with Gasteiger partial charge in [-0.05, 0) is 35.9 Å². The molecular formula is C48H34O26. The summed E-state index contributed by atoms with van der Waals surface area (Å²) in [4.78, 5) is 73.5. The number of aromatic hydroxyl groups is 12. The first-order valence-corrected chi connectivity index (χ1v) is 21.7. The van der Waals surface area contributed by atoms with Crippen LogP contribution in [0.15, 0.2) is 48.2 Å². The first-order chi connectivity index (χ1) is 35.0. The number of carbonyl (C=O) groups is 5. The standard InChI is InChI=1S/C48H34O26/c49-15-2-1-10(3-17(15)51)38-21(55)4-11-16(50)8-23-27(39(11)70-38)29-41-42(73-46(67)14-7-20(54)33(59)36(62)26(14)28-30(47(68)72-41)48(29,74-23)43(64)37(28)63)40-22(56)9-69-44(65)12-5-18(52)31(57)34(60)24(12)25-13(45(66)71-40)6-19(53)32(58)35(25)61/h1-3,5-8,21-22,29-30,38,40-42,49-63H,4,9H2/t21-,22-,29-,30-,38-,40-,41-,42+,48?/m1/s1. The van der Waals surface area contributed by atoms with Crippen LogP contribution in [-0.2, 0) is 35.0 Å². The second-order valence-electron chi connectivity index (χ2n) is 17.9. The van der Waals surface area contributed by atoms with E-state index in [0.717, 1.165) is 18.2 Å². The normalized spacial score (nSPS) is 26.5. The zero-order valence-corrected chi connectivity index (χ0v) is 36.8. The minimum atomic E-state index is -2.94. The monoisotopic (exact) mass is 1030 g/mol. The van der Waals surface area contributed by atoms with Gasteiger partial charge in [0.1, 0.15) is 42.0 Å². The molecule has 26 nitrogen and oxygen atoms in total. The lowest BCUT2D eigenvalue weighted by atomic mass is 9.66. The van der Waals surface area contributed by atoms with Crippen LogP contribution >= 0.6 is 0 Å². The van der Waals surface area contributed by atoms with Crippen LogP contribution in [0.5, 0.6) is 80.5 Å². The van der Waals surface area contributed by atoms with Crippen LogP contribution in [0.3, 0.4) is 0 Å². The number of fused-ring (bicyclic) bond motifs is 9. The highest BCUT2D eigenvalue weighted by Crippen LogP contribution is 2.67. The Bertz CT molecular complexity index is 3490. The fourth-order valence-corrected chi connectivity index (χ4v) is 10.7. The molecule has 26 heteroatoms. The number of benzene rings is 5. The highest BCUT2D eigenvalue weighted by atomic mass is 16.6. The lowest BCUT2D eigenvalue weighted by molar-refractivity contribution is -0.200. The zero-order valence-electron chi connectivity index (χ0n) is 36.8. The predicted octanol–water partition coefficient (Wildman–Crippen LogP) is 1.46. The average Bonchev–Trinajstić information content (AvgIpc) is 3.90. The second kappa shape index (κ2) is 15.7. The SMILES string of the molecule is O=C1O[C@@H]([C@@H]2OC(=O)c3cc(O)c(O)c(O)c3-c3c(cc(O)c(O)c3O)C(=O)OC[C@H]2O)[C@@H]2OC(=O)[C@H]3C(=C(O)C(=O)C34Oc3cc(O)c5c(c3[C@H]24)O[C@H](c2ccc(O)c(O)c2)[C@H](O)C5)c2c1cc(O)c(O)c2O. The Morgan fingerprint density at radius 1 is 0.514 bits per heavy atom. The van der Waals surface area contributed by atoms with Gasteiger partial charge in [0.05, 0.1) is 28.7 Å². The van der Waals surface area contributed by atoms with Gasteiger partial charge in [-0.25, -0.2) is 14.4 Å². The third kappa shape index (κ3) is 6.14. The number of hydrogen-bond acceptors (Lipinski definition) is 26. The highest BCUT2D eigenvalue weighted by Gasteiger charge is 2.76. The van der Waals surface area contributed by atoms with Gasteiger partial charge >= 0.3 is 23.9 Å². The van der Waals surface area contributed by atoms with E-state index in [9.17, 15) is 95.8 Å². The van der Waals surface area contributed by atoms with E-state index in [-0.39, 0.29) is 16.7 Å². The number of cyclic esters (lactones) is 2. The van der Waals surface area contributed by atoms with Gasteiger partial charge in [-0.3, -0.25) is 9.59 Å². The molecule has 74 heavy (non-hydrogen) atoms. The van der Waals surface area contributed by atoms with E-state index in [4.69, 9.17) is 28.4 Å². The van der Waals surface area contributed by atoms with E-state index in [0.29, 0.717) is 18.2 Å². The van der Waals surface area contributed by atoms with Crippen molar-refractivity contribution >= 4 is 35.2 Å². The Hall–Kier alpha value is -9.69. The number of esters is 4. The fourth-order valence-electron chi connectivity index (χ4n) is 10.7. The Balaban J connectivity index is 1.17. The number of Topliss-reactive ketones (excluding diaryl/α,β-unsaturated/α-hetero) is 1. The molecule has 1 fully saturated rings. The number of rotatable bonds is 2. The minimum Gasteiger partial charge on any atom is -0.507 e. The van der Waals surface area contributed by atoms with Gasteiger partial charge < -0.3 is 105 Å². The lowest BCUT2D eigenvalue weighted by Crippen LogP contribution is -2.65. The Morgan fingerprint density at radius 3 is 1.66 bits per heavy atom. The molecule has 9 atom stereocenters. The van der Waals surface area contributed by atoms with Crippen molar-refractivity contribution in [2.24, 2.45) is 5.92 Å². The van der Waals surface area contributed by atoms with Crippen molar-refractivity contribution in [2.45, 2.75) is 54.6 Å². The fraction of sp³-hybridized carbons (Fsp3) is 0.229. The maximum Gasteiger partial charge on any atom is 0.339 e. The molecule has 0 aromatic heterocycles. The van der Waals surface area contributed by atoms with Crippen LogP contribution in [0.2, 0.25) is 0 Å². The van der Waals surface area contributed by atoms with E-state index in [1.165, 1.54) is 6.07 Å². The van der Waals surface area contributed by atoms with Crippen LogP contribution in [0.4, 0.5) is 0 Å². The summed E-state index contributed by atoms with van der Waals surface area (Å²) in [6, 6.07) is 5.61. The van der Waals surface area contributed by atoms with E-state index < -0.39 is 222 Å². The minimum absolute atomic E-state index is 0.0112. The van der Waals surface area contributed by atoms with Crippen molar-refractivity contribution in [1.82, 2.24) is 0 Å². The van der Waals surface area contributed by atoms with Crippen molar-refractivity contribution in [3.05, 3.63) is 87.2 Å². The topological polar surface area (TPSA) is 444 Å². The molecule has 382 valence electrons. The molecule has 7 aliphatic rings. The molecule has 6 heterocycles. The summed E-state index contributed by atoms with van der Waals surface area (Å²) in [5, 5.41) is 165. The number of carbonyl (C=O) groups excluding carboxylic acids is 5. The number of phenolic OH excluding ortho intramolecular Hbond substituents is 12. The average molecular weight is 1030 g/mol. The second-order valence-corrected chi connectivity index (χ2v) is 17.9. The number of phenols is 12. The Kier molecular flexibility index (Phi) is 9.87. The van der Waals surface area contributed by atoms with E-state index in [2.05, 4.69) is 0 Å². The highest BCUT2D eigenvalue weighted by molar-refractivity contribution is 6.21. The van der Waals surface area contributed by atoms with Gasteiger partial charge in [0.15, 0.2) is 70.1 Å². The summed E-state index contributed by atoms with van der Waals surface area (Å²) in [6.45, 7) is -1.37. The van der Waals surface area contributed by atoms with Gasteiger partial charge in [-0.15, -0.1) is 0 Å². The van der Waals surface area contributed by atoms with Crippen LogP contribution in [0, 0.1) is 5.92 Å². The Morgan fingerprint density at radius 2 is 1.07 bits per heavy atom. The molecule has 1 aliphatic carbocycles. The van der Waals surface area contributed by atoms with E-state index in [1.54, 1.807) is 0 Å². The van der Waals surface area contributed by atoms with Crippen molar-refractivity contribution < 1.29 is 129 Å². The van der Waals surface area contributed by atoms with Gasteiger partial charge in [0, 0.05) is 45.9 Å². The van der Waals surface area contributed by atoms with Crippen molar-refractivity contribution in [2.75, 3.05) is 6.61 Å². The van der Waals surface area contributed by atoms with Crippen molar-refractivity contribution in [3.8, 4) is 91.6 Å². The third-order valence-corrected chi connectivity index (χ3v) is 13.9. The summed E-state index contributed by atoms with van der Waals surface area (Å²) in [5.74, 6) is -29.2. The van der Waals surface area contributed by atoms with Gasteiger partial charge in [-0.1, -0.05) is 6.07 Å². The largest absolute Gasteiger partial charge is 0.507 e. The van der Waals surface area contributed by atoms with Crippen LogP contribution in [-0.4, -0.2) is 149 Å². The number of hydrogen-bond donors (Lipinski definition) is 15. The maximum atomic E-state index is 15.1. The van der Waals surface area contributed by atoms with Gasteiger partial charge in [-0.2, -0.15) is 0 Å². The number of ether oxygens (including phenoxy) is 6. The molecule has 12 rings (SSSR count). The molecule has 5 aromatic rings. The Labute approximate surface area is 409 Å². The summed E-state index contributed by atoms with van der Waals surface area (Å²) >= 11 is 0. The van der Waals surface area contributed by atoms with Gasteiger partial charge in [0.25, 0.3) is 0 Å². The smallest absolute Gasteiger partial charge is 0.339 e. The maximum absolute atomic E-state index is 15.1. The molecular weight excluding hydrogens is 993 g/mol. The lowest BCUT2D eigenvalue weighted by Gasteiger charge is -2.47. The number of aliphatic hydroxyl groups excluding tert-OH is 3. The number of ketones is 1.